The van der Waals surface area contributed by atoms with E-state index in [1.165, 1.54) is 10.9 Å². The summed E-state index contributed by atoms with van der Waals surface area (Å²) in [7, 11) is 0. The normalized spacial score (nSPS) is 11.4. The average Bonchev–Trinajstić information content (AvgIpc) is 3.30. The quantitative estimate of drug-likeness (QED) is 0.222. The van der Waals surface area contributed by atoms with Gasteiger partial charge in [0.2, 0.25) is 5.82 Å². The van der Waals surface area contributed by atoms with E-state index in [1.807, 2.05) is 6.07 Å². The van der Waals surface area contributed by atoms with Crippen molar-refractivity contribution in [3.8, 4) is 17.3 Å². The Kier molecular flexibility index (Phi) is 6.51. The molecule has 180 valence electrons. The van der Waals surface area contributed by atoms with Crippen LogP contribution in [0.15, 0.2) is 87.1 Å². The number of carbonyl (C=O) groups is 1. The molecule has 0 N–H and O–H groups in total. The monoisotopic (exact) mass is 501 g/mol. The predicted molar refractivity (Wildman–Crippen MR) is 138 cm³/mol. The molecule has 3 aromatic carbocycles. The van der Waals surface area contributed by atoms with Gasteiger partial charge < -0.3 is 13.9 Å². The number of carbonyl (C=O) groups excluding carboxylic acids is 1. The first-order valence-corrected chi connectivity index (χ1v) is 11.5. The van der Waals surface area contributed by atoms with Gasteiger partial charge in [-0.05, 0) is 61.0 Å². The van der Waals surface area contributed by atoms with Crippen molar-refractivity contribution in [3.63, 3.8) is 0 Å². The lowest BCUT2D eigenvalue weighted by atomic mass is 10.2. The van der Waals surface area contributed by atoms with Crippen molar-refractivity contribution in [2.75, 3.05) is 13.2 Å². The van der Waals surface area contributed by atoms with Crippen LogP contribution in [0.3, 0.4) is 0 Å². The van der Waals surface area contributed by atoms with Gasteiger partial charge >= 0.3 is 5.97 Å². The van der Waals surface area contributed by atoms with Gasteiger partial charge in [-0.3, -0.25) is 4.79 Å². The second kappa shape index (κ2) is 10.1. The number of hydrogen-bond donors (Lipinski definition) is 0. The summed E-state index contributed by atoms with van der Waals surface area (Å²) in [6, 6.07) is 21.0. The Labute approximate surface area is 210 Å². The van der Waals surface area contributed by atoms with E-state index in [-0.39, 0.29) is 24.6 Å². The van der Waals surface area contributed by atoms with E-state index >= 15 is 0 Å². The minimum atomic E-state index is -0.456. The number of para-hydroxylation sites is 1. The fourth-order valence-electron chi connectivity index (χ4n) is 3.67. The molecule has 0 saturated carbocycles. The number of hydrogen-bond acceptors (Lipinski definition) is 7. The summed E-state index contributed by atoms with van der Waals surface area (Å²) in [4.78, 5) is 29.6. The number of ether oxygens (including phenoxy) is 2. The summed E-state index contributed by atoms with van der Waals surface area (Å²) in [5.74, 6) is 0.628. The lowest BCUT2D eigenvalue weighted by Gasteiger charge is -2.08. The fourth-order valence-corrected chi connectivity index (χ4v) is 3.85. The standard InChI is InChI=1S/C27H20ClN3O5/c1-2-34-25(32)16-35-20-7-5-6-17(12-20)15-29-31-26(30-22-9-4-3-8-21(22)27(31)33)24-14-18-13-19(28)10-11-23(18)36-24/h3-15H,2,16H2,1H3. The highest BCUT2D eigenvalue weighted by Crippen LogP contribution is 2.29. The highest BCUT2D eigenvalue weighted by molar-refractivity contribution is 6.31. The molecule has 36 heavy (non-hydrogen) atoms. The van der Waals surface area contributed by atoms with Crippen LogP contribution in [-0.2, 0) is 9.53 Å². The molecule has 5 rings (SSSR count). The van der Waals surface area contributed by atoms with Crippen LogP contribution in [0.25, 0.3) is 33.5 Å². The molecule has 0 unspecified atom stereocenters. The Bertz CT molecular complexity index is 1670. The van der Waals surface area contributed by atoms with Gasteiger partial charge in [0.25, 0.3) is 5.56 Å². The number of halogens is 1. The summed E-state index contributed by atoms with van der Waals surface area (Å²) in [5, 5.41) is 6.21. The third kappa shape index (κ3) is 4.85. The Hall–Kier alpha value is -4.43. The van der Waals surface area contributed by atoms with E-state index in [1.54, 1.807) is 73.7 Å². The van der Waals surface area contributed by atoms with Crippen LogP contribution < -0.4 is 10.3 Å². The molecule has 2 aromatic heterocycles. The molecule has 0 spiro atoms. The van der Waals surface area contributed by atoms with E-state index in [2.05, 4.69) is 10.1 Å². The maximum atomic E-state index is 13.4. The number of nitrogens with zero attached hydrogens (tertiary/aromatic N) is 3. The van der Waals surface area contributed by atoms with E-state index in [0.717, 1.165) is 5.39 Å². The fraction of sp³-hybridized carbons (Fsp3) is 0.111. The Morgan fingerprint density at radius 1 is 1.11 bits per heavy atom. The number of rotatable bonds is 7. The van der Waals surface area contributed by atoms with Crippen LogP contribution in [0.1, 0.15) is 12.5 Å². The molecule has 0 saturated heterocycles. The second-order valence-electron chi connectivity index (χ2n) is 7.77. The second-order valence-corrected chi connectivity index (χ2v) is 8.21. The van der Waals surface area contributed by atoms with Crippen LogP contribution in [-0.4, -0.2) is 35.1 Å². The smallest absolute Gasteiger partial charge is 0.344 e. The summed E-state index contributed by atoms with van der Waals surface area (Å²) in [5.41, 5.74) is 1.44. The van der Waals surface area contributed by atoms with Gasteiger partial charge in [0, 0.05) is 10.4 Å². The molecular formula is C27H20ClN3O5. The zero-order valence-electron chi connectivity index (χ0n) is 19.2. The van der Waals surface area contributed by atoms with Crippen LogP contribution in [0.2, 0.25) is 5.02 Å². The summed E-state index contributed by atoms with van der Waals surface area (Å²) in [6.45, 7) is 1.81. The van der Waals surface area contributed by atoms with E-state index < -0.39 is 5.97 Å². The first-order chi connectivity index (χ1) is 17.5. The molecule has 0 radical (unpaired) electrons. The van der Waals surface area contributed by atoms with E-state index in [9.17, 15) is 9.59 Å². The molecule has 9 heteroatoms. The van der Waals surface area contributed by atoms with Gasteiger partial charge in [0.15, 0.2) is 12.4 Å². The van der Waals surface area contributed by atoms with Gasteiger partial charge in [0.1, 0.15) is 11.3 Å². The largest absolute Gasteiger partial charge is 0.482 e. The van der Waals surface area contributed by atoms with Gasteiger partial charge in [-0.25, -0.2) is 9.78 Å². The molecule has 5 aromatic rings. The van der Waals surface area contributed by atoms with E-state index in [0.29, 0.717) is 38.6 Å². The number of benzene rings is 3. The first-order valence-electron chi connectivity index (χ1n) is 11.2. The highest BCUT2D eigenvalue weighted by atomic mass is 35.5. The predicted octanol–water partition coefficient (Wildman–Crippen LogP) is 5.29. The molecule has 0 bridgehead atoms. The van der Waals surface area contributed by atoms with Crippen LogP contribution in [0, 0.1) is 0 Å². The maximum absolute atomic E-state index is 13.4. The third-order valence-electron chi connectivity index (χ3n) is 5.29. The topological polar surface area (TPSA) is 95.9 Å². The van der Waals surface area contributed by atoms with E-state index in [4.69, 9.17) is 25.5 Å². The number of fused-ring (bicyclic) bond motifs is 2. The summed E-state index contributed by atoms with van der Waals surface area (Å²) < 4.78 is 17.6. The molecule has 0 atom stereocenters. The van der Waals surface area contributed by atoms with Gasteiger partial charge in [-0.1, -0.05) is 35.9 Å². The number of esters is 1. The molecule has 0 fully saturated rings. The SMILES string of the molecule is CCOC(=O)COc1cccc(C=Nn2c(-c3cc4cc(Cl)ccc4o3)nc3ccccc3c2=O)c1. The van der Waals surface area contributed by atoms with Crippen LogP contribution in [0.4, 0.5) is 0 Å². The first kappa shape index (κ1) is 23.3. The lowest BCUT2D eigenvalue weighted by molar-refractivity contribution is -0.145. The molecule has 8 nitrogen and oxygen atoms in total. The Balaban J connectivity index is 1.55. The Morgan fingerprint density at radius 2 is 1.97 bits per heavy atom. The van der Waals surface area contributed by atoms with Crippen LogP contribution in [0.5, 0.6) is 5.75 Å². The average molecular weight is 502 g/mol. The number of aromatic nitrogens is 2. The maximum Gasteiger partial charge on any atom is 0.344 e. The molecular weight excluding hydrogens is 482 g/mol. The van der Waals surface area contributed by atoms with Gasteiger partial charge in [0.05, 0.1) is 23.7 Å². The lowest BCUT2D eigenvalue weighted by Crippen LogP contribution is -2.20. The molecule has 0 amide bonds. The van der Waals surface area contributed by atoms with Crippen molar-refractivity contribution in [2.24, 2.45) is 5.10 Å². The van der Waals surface area contributed by atoms with Crippen LogP contribution >= 0.6 is 11.6 Å². The van der Waals surface area contributed by atoms with Crippen molar-refractivity contribution >= 4 is 45.7 Å². The van der Waals surface area contributed by atoms with Gasteiger partial charge in [-0.15, -0.1) is 0 Å². The van der Waals surface area contributed by atoms with Crippen molar-refractivity contribution in [2.45, 2.75) is 6.92 Å². The van der Waals surface area contributed by atoms with Gasteiger partial charge in [-0.2, -0.15) is 9.78 Å². The van der Waals surface area contributed by atoms with Crippen molar-refractivity contribution in [1.29, 1.82) is 0 Å². The third-order valence-corrected chi connectivity index (χ3v) is 5.53. The van der Waals surface area contributed by atoms with Crippen molar-refractivity contribution in [3.05, 3.63) is 93.7 Å². The van der Waals surface area contributed by atoms with Crippen molar-refractivity contribution in [1.82, 2.24) is 9.66 Å². The summed E-state index contributed by atoms with van der Waals surface area (Å²) >= 11 is 6.12. The molecule has 0 aliphatic rings. The number of furan rings is 1. The zero-order valence-corrected chi connectivity index (χ0v) is 19.9. The summed E-state index contributed by atoms with van der Waals surface area (Å²) in [6.07, 6.45) is 1.51. The zero-order chi connectivity index (χ0) is 25.1. The highest BCUT2D eigenvalue weighted by Gasteiger charge is 2.16. The molecule has 0 aliphatic carbocycles. The molecule has 2 heterocycles. The molecule has 0 aliphatic heterocycles. The minimum Gasteiger partial charge on any atom is -0.482 e. The minimum absolute atomic E-state index is 0.206. The Morgan fingerprint density at radius 3 is 2.83 bits per heavy atom. The van der Waals surface area contributed by atoms with Crippen molar-refractivity contribution < 1.29 is 18.7 Å².